The predicted octanol–water partition coefficient (Wildman–Crippen LogP) is 5.95. The molecular formula is C50H71N9O6. The Morgan fingerprint density at radius 3 is 2.29 bits per heavy atom. The van der Waals surface area contributed by atoms with Gasteiger partial charge in [0.05, 0.1) is 42.8 Å². The maximum atomic E-state index is 13.1. The molecule has 3 aliphatic rings. The number of aromatic nitrogens is 3. The van der Waals surface area contributed by atoms with Crippen LogP contribution in [-0.2, 0) is 39.1 Å². The van der Waals surface area contributed by atoms with Crippen molar-refractivity contribution in [3.63, 3.8) is 0 Å². The molecule has 1 aliphatic carbocycles. The molecule has 4 heterocycles. The van der Waals surface area contributed by atoms with Crippen molar-refractivity contribution in [1.29, 1.82) is 5.41 Å². The second-order valence-electron chi connectivity index (χ2n) is 18.1. The zero-order valence-corrected chi connectivity index (χ0v) is 38.8. The van der Waals surface area contributed by atoms with Crippen LogP contribution in [0.1, 0.15) is 100 Å². The Bertz CT molecular complexity index is 2290. The Balaban J connectivity index is 0.806. The van der Waals surface area contributed by atoms with Gasteiger partial charge in [0, 0.05) is 95.5 Å². The van der Waals surface area contributed by atoms with Crippen LogP contribution in [0.4, 0.5) is 5.82 Å². The lowest BCUT2D eigenvalue weighted by molar-refractivity contribution is -0.135. The van der Waals surface area contributed by atoms with Gasteiger partial charge in [-0.2, -0.15) is 0 Å². The molecule has 65 heavy (non-hydrogen) atoms. The van der Waals surface area contributed by atoms with E-state index >= 15 is 0 Å². The molecule has 2 saturated heterocycles. The number of benzene rings is 2. The molecule has 5 N–H and O–H groups in total. The number of ether oxygens (including phenoxy) is 2. The van der Waals surface area contributed by atoms with E-state index in [1.54, 1.807) is 11.6 Å². The number of anilines is 1. The largest absolute Gasteiger partial charge is 0.393 e. The summed E-state index contributed by atoms with van der Waals surface area (Å²) < 4.78 is 17.1. The van der Waals surface area contributed by atoms with Gasteiger partial charge in [-0.25, -0.2) is 4.79 Å². The first-order chi connectivity index (χ1) is 31.6. The number of nitrogens with zero attached hydrogens (tertiary/aromatic N) is 5. The summed E-state index contributed by atoms with van der Waals surface area (Å²) >= 11 is 0. The number of hydrogen-bond acceptors (Lipinski definition) is 11. The number of imide groups is 1. The lowest BCUT2D eigenvalue weighted by Crippen LogP contribution is -2.46. The van der Waals surface area contributed by atoms with Crippen LogP contribution in [0, 0.1) is 11.3 Å². The lowest BCUT2D eigenvalue weighted by atomic mass is 9.93. The van der Waals surface area contributed by atoms with E-state index in [1.807, 2.05) is 18.2 Å². The number of piperazine rings is 1. The average molecular weight is 894 g/mol. The van der Waals surface area contributed by atoms with Crippen LogP contribution in [0.5, 0.6) is 0 Å². The van der Waals surface area contributed by atoms with Crippen LogP contribution in [0.3, 0.4) is 0 Å². The van der Waals surface area contributed by atoms with E-state index in [9.17, 15) is 19.5 Å². The van der Waals surface area contributed by atoms with Crippen LogP contribution in [0.2, 0.25) is 0 Å². The SMILES string of the molecule is C=C(NCC(CC)CC)Nc1c(C=N)c(-c2ccc(CN3CCN(CCOCCOCCCc4ccc5c(c4)n(C)c(=O)n5C4CCC(=O)NC4=O)CC3)cc2)cn1C1CCC(O)CC1. The maximum absolute atomic E-state index is 13.1. The fourth-order valence-electron chi connectivity index (χ4n) is 9.61. The molecule has 1 unspecified atom stereocenters. The van der Waals surface area contributed by atoms with Gasteiger partial charge >= 0.3 is 5.69 Å². The molecule has 0 spiro atoms. The third-order valence-corrected chi connectivity index (χ3v) is 13.8. The van der Waals surface area contributed by atoms with Crippen molar-refractivity contribution >= 4 is 34.9 Å². The molecule has 2 aromatic heterocycles. The highest BCUT2D eigenvalue weighted by Crippen LogP contribution is 2.38. The average Bonchev–Trinajstić information content (AvgIpc) is 3.79. The molecule has 2 aromatic carbocycles. The minimum Gasteiger partial charge on any atom is -0.393 e. The summed E-state index contributed by atoms with van der Waals surface area (Å²) in [6, 6.07) is 14.3. The quantitative estimate of drug-likeness (QED) is 0.0341. The molecule has 352 valence electrons. The van der Waals surface area contributed by atoms with E-state index in [-0.39, 0.29) is 30.2 Å². The maximum Gasteiger partial charge on any atom is 0.329 e. The molecule has 15 heteroatoms. The molecule has 1 atom stereocenters. The zero-order chi connectivity index (χ0) is 45.9. The van der Waals surface area contributed by atoms with Crippen molar-refractivity contribution in [2.24, 2.45) is 13.0 Å². The summed E-state index contributed by atoms with van der Waals surface area (Å²) in [5.74, 6) is 1.48. The van der Waals surface area contributed by atoms with Gasteiger partial charge in [0.2, 0.25) is 11.8 Å². The molecule has 7 rings (SSSR count). The van der Waals surface area contributed by atoms with Crippen molar-refractivity contribution < 1.29 is 24.2 Å². The van der Waals surface area contributed by atoms with Crippen molar-refractivity contribution in [2.45, 2.75) is 103 Å². The Morgan fingerprint density at radius 1 is 0.908 bits per heavy atom. The van der Waals surface area contributed by atoms with E-state index in [0.717, 1.165) is 137 Å². The van der Waals surface area contributed by atoms with Gasteiger partial charge in [0.25, 0.3) is 0 Å². The highest BCUT2D eigenvalue weighted by atomic mass is 16.5. The Morgan fingerprint density at radius 2 is 1.60 bits per heavy atom. The summed E-state index contributed by atoms with van der Waals surface area (Å²) in [6.07, 6.45) is 11.2. The molecule has 0 bridgehead atoms. The van der Waals surface area contributed by atoms with Crippen LogP contribution >= 0.6 is 0 Å². The number of nitrogens with one attached hydrogen (secondary N) is 4. The normalized spacial score (nSPS) is 19.8. The number of aryl methyl sites for hydroxylation is 2. The van der Waals surface area contributed by atoms with Crippen LogP contribution in [-0.4, -0.2) is 118 Å². The summed E-state index contributed by atoms with van der Waals surface area (Å²) in [5, 5.41) is 28.1. The van der Waals surface area contributed by atoms with Crippen molar-refractivity contribution in [3.05, 3.63) is 88.2 Å². The van der Waals surface area contributed by atoms with Crippen LogP contribution < -0.4 is 21.6 Å². The second-order valence-corrected chi connectivity index (χ2v) is 18.1. The van der Waals surface area contributed by atoms with Gasteiger partial charge in [0.1, 0.15) is 11.9 Å². The predicted molar refractivity (Wildman–Crippen MR) is 256 cm³/mol. The first-order valence-corrected chi connectivity index (χ1v) is 23.9. The topological polar surface area (TPSA) is 171 Å². The minimum absolute atomic E-state index is 0.218. The highest BCUT2D eigenvalue weighted by molar-refractivity contribution is 6.00. The zero-order valence-electron chi connectivity index (χ0n) is 38.8. The van der Waals surface area contributed by atoms with E-state index in [4.69, 9.17) is 14.9 Å². The fraction of sp³-hybridized carbons (Fsp3) is 0.560. The number of aliphatic hydroxyl groups is 1. The van der Waals surface area contributed by atoms with E-state index < -0.39 is 11.9 Å². The number of imidazole rings is 1. The number of aliphatic hydroxyl groups excluding tert-OH is 1. The highest BCUT2D eigenvalue weighted by Gasteiger charge is 2.31. The van der Waals surface area contributed by atoms with E-state index in [2.05, 4.69) is 81.2 Å². The number of rotatable bonds is 23. The third-order valence-electron chi connectivity index (χ3n) is 13.8. The van der Waals surface area contributed by atoms with E-state index in [1.165, 1.54) is 16.3 Å². The van der Waals surface area contributed by atoms with Gasteiger partial charge in [-0.05, 0) is 79.7 Å². The Kier molecular flexibility index (Phi) is 16.9. The number of carbonyl (C=O) groups is 2. The van der Waals surface area contributed by atoms with E-state index in [0.29, 0.717) is 44.3 Å². The van der Waals surface area contributed by atoms with Crippen molar-refractivity contribution in [2.75, 3.05) is 71.0 Å². The second kappa shape index (κ2) is 22.9. The number of hydrogen-bond donors (Lipinski definition) is 5. The molecular weight excluding hydrogens is 823 g/mol. The van der Waals surface area contributed by atoms with Crippen molar-refractivity contribution in [1.82, 2.24) is 34.1 Å². The molecule has 15 nitrogen and oxygen atoms in total. The molecule has 2 amide bonds. The van der Waals surface area contributed by atoms with Crippen LogP contribution in [0.25, 0.3) is 22.2 Å². The third kappa shape index (κ3) is 12.0. The summed E-state index contributed by atoms with van der Waals surface area (Å²) in [4.78, 5) is 42.2. The summed E-state index contributed by atoms with van der Waals surface area (Å²) in [7, 11) is 1.71. The number of fused-ring (bicyclic) bond motifs is 1. The van der Waals surface area contributed by atoms with Gasteiger partial charge in [-0.3, -0.25) is 33.8 Å². The monoisotopic (exact) mass is 894 g/mol. The number of amides is 2. The fourth-order valence-corrected chi connectivity index (χ4v) is 9.61. The minimum atomic E-state index is -0.687. The van der Waals surface area contributed by atoms with Gasteiger partial charge in [0.15, 0.2) is 0 Å². The molecule has 0 radical (unpaired) electrons. The van der Waals surface area contributed by atoms with Crippen LogP contribution in [0.15, 0.2) is 65.9 Å². The first-order valence-electron chi connectivity index (χ1n) is 23.9. The summed E-state index contributed by atoms with van der Waals surface area (Å²) in [5.41, 5.74) is 6.53. The van der Waals surface area contributed by atoms with Gasteiger partial charge in [-0.15, -0.1) is 0 Å². The van der Waals surface area contributed by atoms with Gasteiger partial charge in [-0.1, -0.05) is 63.6 Å². The lowest BCUT2D eigenvalue weighted by Gasteiger charge is -2.34. The smallest absolute Gasteiger partial charge is 0.329 e. The molecule has 2 aliphatic heterocycles. The molecule has 3 fully saturated rings. The Hall–Kier alpha value is -5.06. The van der Waals surface area contributed by atoms with Crippen molar-refractivity contribution in [3.8, 4) is 11.1 Å². The standard InChI is InChI=1S/C50H71N9O6/c1-5-36(6-2)32-52-35(3)53-48-42(31-51)43(34-58(48)40-14-16-41(60)17-15-40)39-12-9-38(10-13-39)33-57-23-21-56(22-24-57)25-27-65-29-28-64-26-7-8-37-11-18-44-46(30-37)55(4)50(63)59(44)45-19-20-47(61)54-49(45)62/h9-13,18,30-31,34,36,40-41,45,51-53,60H,3,5-8,14-17,19-29,32-33H2,1-2,4H3,(H,54,61,62). The number of piperidine rings is 1. The first kappa shape index (κ1) is 47.9. The summed E-state index contributed by atoms with van der Waals surface area (Å²) in [6.45, 7) is 17.8. The molecule has 1 saturated carbocycles. The number of carbonyl (C=O) groups excluding carboxylic acids is 2. The van der Waals surface area contributed by atoms with Gasteiger partial charge < -0.3 is 35.2 Å². The molecule has 4 aromatic rings. The Labute approximate surface area is 383 Å².